The number of nitrogens with one attached hydrogen (secondary N) is 2. The topological polar surface area (TPSA) is 102 Å². The lowest BCUT2D eigenvalue weighted by molar-refractivity contribution is -0.123. The molecule has 2 unspecified atom stereocenters. The van der Waals surface area contributed by atoms with Gasteiger partial charge in [-0.25, -0.2) is 8.42 Å². The van der Waals surface area contributed by atoms with Crippen LogP contribution in [0.5, 0.6) is 0 Å². The average Bonchev–Trinajstić information content (AvgIpc) is 3.21. The first-order chi connectivity index (χ1) is 12.5. The van der Waals surface area contributed by atoms with E-state index in [1.807, 2.05) is 6.07 Å². The summed E-state index contributed by atoms with van der Waals surface area (Å²) in [5, 5.41) is 15.0. The Morgan fingerprint density at radius 3 is 2.69 bits per heavy atom. The average molecular weight is 376 g/mol. The highest BCUT2D eigenvalue weighted by Crippen LogP contribution is 2.23. The zero-order valence-corrected chi connectivity index (χ0v) is 15.5. The van der Waals surface area contributed by atoms with Crippen LogP contribution in [0.25, 0.3) is 0 Å². The molecule has 1 aromatic rings. The molecular weight excluding hydrogens is 352 g/mol. The first kappa shape index (κ1) is 18.8. The van der Waals surface area contributed by atoms with Crippen molar-refractivity contribution in [2.75, 3.05) is 26.2 Å². The molecule has 2 aliphatic heterocycles. The van der Waals surface area contributed by atoms with Gasteiger partial charge in [-0.2, -0.15) is 9.57 Å². The molecule has 7 nitrogen and oxygen atoms in total. The van der Waals surface area contributed by atoms with E-state index >= 15 is 0 Å². The van der Waals surface area contributed by atoms with Gasteiger partial charge in [-0.3, -0.25) is 4.79 Å². The van der Waals surface area contributed by atoms with Gasteiger partial charge in [-0.15, -0.1) is 0 Å². The summed E-state index contributed by atoms with van der Waals surface area (Å²) >= 11 is 0. The molecule has 2 aliphatic rings. The number of hydrogen-bond acceptors (Lipinski definition) is 5. The molecule has 0 aliphatic carbocycles. The van der Waals surface area contributed by atoms with Crippen LogP contribution < -0.4 is 10.6 Å². The quantitative estimate of drug-likeness (QED) is 0.792. The van der Waals surface area contributed by atoms with Crippen LogP contribution in [0.1, 0.15) is 31.2 Å². The molecule has 0 spiro atoms. The highest BCUT2D eigenvalue weighted by atomic mass is 32.2. The SMILES string of the molecule is N#Cc1ccc(S(=O)(=O)N2CCCC(CNC(=O)C3CCCN3)C2)cc1. The van der Waals surface area contributed by atoms with E-state index in [1.54, 1.807) is 0 Å². The summed E-state index contributed by atoms with van der Waals surface area (Å²) < 4.78 is 27.1. The van der Waals surface area contributed by atoms with E-state index in [4.69, 9.17) is 5.26 Å². The molecule has 0 saturated carbocycles. The lowest BCUT2D eigenvalue weighted by atomic mass is 9.99. The Labute approximate surface area is 154 Å². The van der Waals surface area contributed by atoms with Crippen LogP contribution in [0.4, 0.5) is 0 Å². The number of carbonyl (C=O) groups excluding carboxylic acids is 1. The maximum Gasteiger partial charge on any atom is 0.243 e. The maximum atomic E-state index is 12.8. The van der Waals surface area contributed by atoms with Gasteiger partial charge in [0.2, 0.25) is 15.9 Å². The summed E-state index contributed by atoms with van der Waals surface area (Å²) in [5.41, 5.74) is 0.434. The van der Waals surface area contributed by atoms with Crippen LogP contribution in [0, 0.1) is 17.2 Å². The third-order valence-electron chi connectivity index (χ3n) is 5.04. The van der Waals surface area contributed by atoms with Gasteiger partial charge in [0.15, 0.2) is 0 Å². The second kappa shape index (κ2) is 8.16. The summed E-state index contributed by atoms with van der Waals surface area (Å²) in [5.74, 6) is 0.122. The predicted octanol–water partition coefficient (Wildman–Crippen LogP) is 0.827. The van der Waals surface area contributed by atoms with E-state index in [9.17, 15) is 13.2 Å². The molecule has 1 amide bonds. The number of nitrogens with zero attached hydrogens (tertiary/aromatic N) is 2. The van der Waals surface area contributed by atoms with Gasteiger partial charge in [0.1, 0.15) is 0 Å². The Hall–Kier alpha value is -1.95. The van der Waals surface area contributed by atoms with Crippen LogP contribution in [-0.2, 0) is 14.8 Å². The minimum absolute atomic E-state index is 0.00886. The molecule has 0 radical (unpaired) electrons. The van der Waals surface area contributed by atoms with E-state index in [0.29, 0.717) is 25.2 Å². The van der Waals surface area contributed by atoms with E-state index < -0.39 is 10.0 Å². The molecule has 0 aromatic heterocycles. The molecule has 0 bridgehead atoms. The number of hydrogen-bond donors (Lipinski definition) is 2. The number of sulfonamides is 1. The molecule has 8 heteroatoms. The van der Waals surface area contributed by atoms with Crippen molar-refractivity contribution in [1.29, 1.82) is 5.26 Å². The molecule has 26 heavy (non-hydrogen) atoms. The fourth-order valence-corrected chi connectivity index (χ4v) is 5.09. The number of nitriles is 1. The summed E-state index contributed by atoms with van der Waals surface area (Å²) in [7, 11) is -3.58. The molecule has 2 saturated heterocycles. The first-order valence-corrected chi connectivity index (χ1v) is 10.5. The minimum Gasteiger partial charge on any atom is -0.354 e. The molecule has 3 rings (SSSR count). The Morgan fingerprint density at radius 1 is 1.27 bits per heavy atom. The minimum atomic E-state index is -3.58. The molecule has 2 N–H and O–H groups in total. The molecule has 2 heterocycles. The summed E-state index contributed by atoms with van der Waals surface area (Å²) in [6, 6.07) is 7.86. The van der Waals surface area contributed by atoms with Crippen molar-refractivity contribution in [2.24, 2.45) is 5.92 Å². The summed E-state index contributed by atoms with van der Waals surface area (Å²) in [6.45, 7) is 2.26. The second-order valence-corrected chi connectivity index (χ2v) is 8.84. The molecule has 2 atom stereocenters. The van der Waals surface area contributed by atoms with Gasteiger partial charge in [0.25, 0.3) is 0 Å². The smallest absolute Gasteiger partial charge is 0.243 e. The molecule has 2 fully saturated rings. The van der Waals surface area contributed by atoms with Gasteiger partial charge in [-0.1, -0.05) is 0 Å². The van der Waals surface area contributed by atoms with Gasteiger partial charge < -0.3 is 10.6 Å². The van der Waals surface area contributed by atoms with Crippen LogP contribution >= 0.6 is 0 Å². The van der Waals surface area contributed by atoms with Crippen LogP contribution in [0.3, 0.4) is 0 Å². The number of piperidine rings is 1. The fourth-order valence-electron chi connectivity index (χ4n) is 3.54. The van der Waals surface area contributed by atoms with E-state index in [-0.39, 0.29) is 22.8 Å². The van der Waals surface area contributed by atoms with Crippen LogP contribution in [-0.4, -0.2) is 50.9 Å². The summed E-state index contributed by atoms with van der Waals surface area (Å²) in [4.78, 5) is 12.3. The molecule has 140 valence electrons. The number of carbonyl (C=O) groups is 1. The lowest BCUT2D eigenvalue weighted by Crippen LogP contribution is -2.46. The largest absolute Gasteiger partial charge is 0.354 e. The standard InChI is InChI=1S/C18H24N4O3S/c19-11-14-5-7-16(8-6-14)26(24,25)22-10-2-3-15(13-22)12-21-18(23)17-4-1-9-20-17/h5-8,15,17,20H,1-4,9-10,12-13H2,(H,21,23). The third kappa shape index (κ3) is 4.23. The highest BCUT2D eigenvalue weighted by molar-refractivity contribution is 7.89. The maximum absolute atomic E-state index is 12.8. The monoisotopic (exact) mass is 376 g/mol. The Bertz CT molecular complexity index is 780. The molecular formula is C18H24N4O3S. The van der Waals surface area contributed by atoms with Gasteiger partial charge in [0, 0.05) is 19.6 Å². The Kier molecular flexibility index (Phi) is 5.91. The normalized spacial score (nSPS) is 24.1. The highest BCUT2D eigenvalue weighted by Gasteiger charge is 2.31. The summed E-state index contributed by atoms with van der Waals surface area (Å²) in [6.07, 6.45) is 3.54. The third-order valence-corrected chi connectivity index (χ3v) is 6.92. The van der Waals surface area contributed by atoms with Crippen molar-refractivity contribution in [3.8, 4) is 6.07 Å². The van der Waals surface area contributed by atoms with E-state index in [1.165, 1.54) is 28.6 Å². The van der Waals surface area contributed by atoms with Crippen LogP contribution in [0.2, 0.25) is 0 Å². The van der Waals surface area contributed by atoms with Crippen molar-refractivity contribution in [1.82, 2.24) is 14.9 Å². The zero-order valence-electron chi connectivity index (χ0n) is 14.6. The van der Waals surface area contributed by atoms with Gasteiger partial charge in [0.05, 0.1) is 22.6 Å². The van der Waals surface area contributed by atoms with Crippen LogP contribution in [0.15, 0.2) is 29.2 Å². The lowest BCUT2D eigenvalue weighted by Gasteiger charge is -2.32. The Morgan fingerprint density at radius 2 is 2.04 bits per heavy atom. The number of amides is 1. The number of rotatable bonds is 5. The van der Waals surface area contributed by atoms with Crippen molar-refractivity contribution in [3.63, 3.8) is 0 Å². The fraction of sp³-hybridized carbons (Fsp3) is 0.556. The first-order valence-electron chi connectivity index (χ1n) is 9.02. The van der Waals surface area contributed by atoms with E-state index in [2.05, 4.69) is 10.6 Å². The van der Waals surface area contributed by atoms with Crippen molar-refractivity contribution in [2.45, 2.75) is 36.6 Å². The zero-order chi connectivity index (χ0) is 18.6. The predicted molar refractivity (Wildman–Crippen MR) is 96.7 cm³/mol. The molecule has 1 aromatic carbocycles. The Balaban J connectivity index is 1.59. The van der Waals surface area contributed by atoms with Gasteiger partial charge in [-0.05, 0) is 62.4 Å². The van der Waals surface area contributed by atoms with Crippen molar-refractivity contribution < 1.29 is 13.2 Å². The second-order valence-electron chi connectivity index (χ2n) is 6.90. The number of benzene rings is 1. The van der Waals surface area contributed by atoms with Crippen molar-refractivity contribution in [3.05, 3.63) is 29.8 Å². The van der Waals surface area contributed by atoms with Gasteiger partial charge >= 0.3 is 0 Å². The van der Waals surface area contributed by atoms with E-state index in [0.717, 1.165) is 32.2 Å². The van der Waals surface area contributed by atoms with Crippen molar-refractivity contribution >= 4 is 15.9 Å².